The summed E-state index contributed by atoms with van der Waals surface area (Å²) in [5, 5.41) is 8.19. The van der Waals surface area contributed by atoms with Gasteiger partial charge < -0.3 is 8.83 Å². The van der Waals surface area contributed by atoms with Crippen molar-refractivity contribution in [3.63, 3.8) is 0 Å². The molecule has 0 unspecified atom stereocenters. The lowest BCUT2D eigenvalue weighted by Crippen LogP contribution is -1.91. The van der Waals surface area contributed by atoms with Gasteiger partial charge in [0.05, 0.1) is 11.8 Å². The summed E-state index contributed by atoms with van der Waals surface area (Å²) in [6.45, 7) is 0. The molecule has 7 aromatic carbocycles. The van der Waals surface area contributed by atoms with Gasteiger partial charge in [-0.3, -0.25) is 0 Å². The van der Waals surface area contributed by atoms with Gasteiger partial charge >= 0.3 is 0 Å². The third kappa shape index (κ3) is 3.75. The first-order valence-corrected chi connectivity index (χ1v) is 14.9. The third-order valence-electron chi connectivity index (χ3n) is 8.77. The van der Waals surface area contributed by atoms with Gasteiger partial charge in [-0.2, -0.15) is 0 Å². The molecule has 0 saturated heterocycles. The van der Waals surface area contributed by atoms with Crippen LogP contribution in [0.1, 0.15) is 0 Å². The number of para-hydroxylation sites is 1. The van der Waals surface area contributed by atoms with E-state index in [1.807, 2.05) is 24.3 Å². The van der Waals surface area contributed by atoms with E-state index in [4.69, 9.17) is 8.83 Å². The number of rotatable bonds is 4. The minimum atomic E-state index is 0.796. The van der Waals surface area contributed by atoms with Crippen LogP contribution in [0.4, 0.5) is 0 Å². The van der Waals surface area contributed by atoms with E-state index in [1.54, 1.807) is 6.26 Å². The fourth-order valence-electron chi connectivity index (χ4n) is 6.89. The van der Waals surface area contributed by atoms with Crippen LogP contribution in [0.15, 0.2) is 167 Å². The molecule has 206 valence electrons. The third-order valence-corrected chi connectivity index (χ3v) is 8.77. The fourth-order valence-corrected chi connectivity index (χ4v) is 6.89. The molecule has 0 N–H and O–H groups in total. The smallest absolute Gasteiger partial charge is 0.147 e. The Balaban J connectivity index is 1.36. The molecule has 9 aromatic rings. The molecular weight excluding hydrogens is 536 g/mol. The van der Waals surface area contributed by atoms with Crippen molar-refractivity contribution in [2.24, 2.45) is 0 Å². The summed E-state index contributed by atoms with van der Waals surface area (Å²) in [6, 6.07) is 53.7. The first-order chi connectivity index (χ1) is 21.8. The molecule has 0 saturated carbocycles. The van der Waals surface area contributed by atoms with Gasteiger partial charge in [0.1, 0.15) is 17.1 Å². The highest BCUT2D eigenvalue weighted by Gasteiger charge is 2.25. The van der Waals surface area contributed by atoms with E-state index in [-0.39, 0.29) is 0 Å². The first kappa shape index (κ1) is 24.7. The van der Waals surface area contributed by atoms with Crippen molar-refractivity contribution in [3.8, 4) is 44.9 Å². The van der Waals surface area contributed by atoms with Crippen LogP contribution in [0.3, 0.4) is 0 Å². The molecule has 2 heterocycles. The lowest BCUT2D eigenvalue weighted by atomic mass is 9.86. The predicted molar refractivity (Wildman–Crippen MR) is 183 cm³/mol. The van der Waals surface area contributed by atoms with E-state index in [9.17, 15) is 0 Å². The largest absolute Gasteiger partial charge is 0.464 e. The first-order valence-electron chi connectivity index (χ1n) is 14.9. The zero-order valence-electron chi connectivity index (χ0n) is 23.8. The van der Waals surface area contributed by atoms with Gasteiger partial charge in [-0.25, -0.2) is 0 Å². The Labute approximate surface area is 254 Å². The number of furan rings is 2. The van der Waals surface area contributed by atoms with E-state index >= 15 is 0 Å². The Morgan fingerprint density at radius 3 is 1.70 bits per heavy atom. The van der Waals surface area contributed by atoms with Gasteiger partial charge in [0.25, 0.3) is 0 Å². The van der Waals surface area contributed by atoms with Crippen molar-refractivity contribution in [1.29, 1.82) is 0 Å². The van der Waals surface area contributed by atoms with Gasteiger partial charge in [0.2, 0.25) is 0 Å². The number of benzene rings is 7. The molecule has 0 aliphatic heterocycles. The van der Waals surface area contributed by atoms with E-state index in [1.165, 1.54) is 43.8 Å². The molecule has 0 aliphatic rings. The van der Waals surface area contributed by atoms with E-state index in [0.717, 1.165) is 44.4 Å². The summed E-state index contributed by atoms with van der Waals surface area (Å²) in [5.41, 5.74) is 7.74. The Kier molecular flexibility index (Phi) is 5.54. The fraction of sp³-hybridized carbons (Fsp3) is 0. The van der Waals surface area contributed by atoms with Gasteiger partial charge in [-0.1, -0.05) is 127 Å². The summed E-state index contributed by atoms with van der Waals surface area (Å²) in [6.07, 6.45) is 1.73. The van der Waals surface area contributed by atoms with Crippen LogP contribution >= 0.6 is 0 Å². The summed E-state index contributed by atoms with van der Waals surface area (Å²) < 4.78 is 12.7. The normalized spacial score (nSPS) is 11.6. The highest BCUT2D eigenvalue weighted by Crippen LogP contribution is 2.49. The molecule has 2 aromatic heterocycles. The molecule has 0 aliphatic carbocycles. The Morgan fingerprint density at radius 1 is 0.386 bits per heavy atom. The Bertz CT molecular complexity index is 2430. The molecule has 0 bridgehead atoms. The highest BCUT2D eigenvalue weighted by molar-refractivity contribution is 6.23. The maximum Gasteiger partial charge on any atom is 0.147 e. The zero-order valence-corrected chi connectivity index (χ0v) is 23.8. The van der Waals surface area contributed by atoms with Crippen molar-refractivity contribution in [2.75, 3.05) is 0 Å². The molecule has 2 nitrogen and oxygen atoms in total. The van der Waals surface area contributed by atoms with Gasteiger partial charge in [0.15, 0.2) is 0 Å². The van der Waals surface area contributed by atoms with Crippen LogP contribution in [0.2, 0.25) is 0 Å². The summed E-state index contributed by atoms with van der Waals surface area (Å²) in [5.74, 6) is 1.62. The van der Waals surface area contributed by atoms with Crippen LogP contribution in [0, 0.1) is 0 Å². The topological polar surface area (TPSA) is 26.3 Å². The molecular formula is C42H26O2. The number of hydrogen-bond donors (Lipinski definition) is 0. The Hall–Kier alpha value is -5.86. The highest BCUT2D eigenvalue weighted by atomic mass is 16.3. The van der Waals surface area contributed by atoms with E-state index < -0.39 is 0 Å². The summed E-state index contributed by atoms with van der Waals surface area (Å²) in [4.78, 5) is 0. The number of fused-ring (bicyclic) bond motifs is 4. The molecule has 0 spiro atoms. The maximum absolute atomic E-state index is 6.73. The predicted octanol–water partition coefficient (Wildman–Crippen LogP) is 12.2. The maximum atomic E-state index is 6.73. The Morgan fingerprint density at radius 2 is 0.977 bits per heavy atom. The van der Waals surface area contributed by atoms with Gasteiger partial charge in [0, 0.05) is 10.9 Å². The zero-order chi connectivity index (χ0) is 29.0. The van der Waals surface area contributed by atoms with E-state index in [2.05, 4.69) is 127 Å². The minimum Gasteiger partial charge on any atom is -0.464 e. The lowest BCUT2D eigenvalue weighted by molar-refractivity contribution is 0.579. The molecule has 2 heteroatoms. The van der Waals surface area contributed by atoms with Crippen molar-refractivity contribution >= 4 is 43.3 Å². The number of hydrogen-bond acceptors (Lipinski definition) is 2. The van der Waals surface area contributed by atoms with Gasteiger partial charge in [-0.05, 0) is 78.8 Å². The molecule has 0 atom stereocenters. The van der Waals surface area contributed by atoms with E-state index in [0.29, 0.717) is 0 Å². The van der Waals surface area contributed by atoms with Crippen LogP contribution in [-0.4, -0.2) is 0 Å². The molecule has 0 fully saturated rings. The quantitative estimate of drug-likeness (QED) is 0.199. The van der Waals surface area contributed by atoms with Crippen LogP contribution in [0.5, 0.6) is 0 Å². The summed E-state index contributed by atoms with van der Waals surface area (Å²) in [7, 11) is 0. The van der Waals surface area contributed by atoms with Crippen LogP contribution in [-0.2, 0) is 0 Å². The molecule has 0 amide bonds. The average Bonchev–Trinajstić information content (AvgIpc) is 3.75. The van der Waals surface area contributed by atoms with Crippen molar-refractivity contribution in [2.45, 2.75) is 0 Å². The average molecular weight is 563 g/mol. The molecule has 9 rings (SSSR count). The second kappa shape index (κ2) is 9.86. The summed E-state index contributed by atoms with van der Waals surface area (Å²) >= 11 is 0. The lowest BCUT2D eigenvalue weighted by Gasteiger charge is -2.17. The van der Waals surface area contributed by atoms with Crippen molar-refractivity contribution in [3.05, 3.63) is 158 Å². The minimum absolute atomic E-state index is 0.796. The molecule has 44 heavy (non-hydrogen) atoms. The van der Waals surface area contributed by atoms with Crippen molar-refractivity contribution in [1.82, 2.24) is 0 Å². The second-order valence-corrected chi connectivity index (χ2v) is 11.2. The second-order valence-electron chi connectivity index (χ2n) is 11.2. The standard InChI is InChI=1S/C42H26O2/c1-2-16-30-27(12-1)13-10-22-31(30)28-14-9-15-29(26-28)39-32-17-3-5-19-34(32)40(35-20-6-4-18-33(35)39)42-41(38-24-11-25-43-38)36-21-7-8-23-37(36)44-42/h1-26H. The van der Waals surface area contributed by atoms with Gasteiger partial charge in [-0.15, -0.1) is 0 Å². The van der Waals surface area contributed by atoms with Crippen molar-refractivity contribution < 1.29 is 8.83 Å². The van der Waals surface area contributed by atoms with Crippen LogP contribution in [0.25, 0.3) is 88.2 Å². The monoisotopic (exact) mass is 562 g/mol. The molecule has 0 radical (unpaired) electrons. The SMILES string of the molecule is c1cc(-c2cccc3ccccc23)cc(-c2c3ccccc3c(-c3oc4ccccc4c3-c3ccco3)c3ccccc23)c1. The van der Waals surface area contributed by atoms with Crippen LogP contribution < -0.4 is 0 Å².